The van der Waals surface area contributed by atoms with E-state index in [1.807, 2.05) is 0 Å². The van der Waals surface area contributed by atoms with Gasteiger partial charge in [-0.05, 0) is 36.4 Å². The van der Waals surface area contributed by atoms with Gasteiger partial charge in [-0.15, -0.1) is 0 Å². The van der Waals surface area contributed by atoms with E-state index in [0.717, 1.165) is 0 Å². The van der Waals surface area contributed by atoms with Crippen LogP contribution in [0.5, 0.6) is 5.75 Å². The molecule has 2 aromatic carbocycles. The summed E-state index contributed by atoms with van der Waals surface area (Å²) in [5, 5.41) is 1.32. The van der Waals surface area contributed by atoms with E-state index in [9.17, 15) is 0 Å². The molecule has 1 aliphatic rings. The van der Waals surface area contributed by atoms with Gasteiger partial charge in [-0.3, -0.25) is 0 Å². The molecule has 0 atom stereocenters. The van der Waals surface area contributed by atoms with Crippen LogP contribution < -0.4 is 26.8 Å². The fraction of sp³-hybridized carbons (Fsp3) is 0. The van der Waals surface area contributed by atoms with Gasteiger partial charge in [0.15, 0.2) is 0 Å². The van der Waals surface area contributed by atoms with Gasteiger partial charge >= 0.3 is 6.02 Å². The standard InChI is InChI=1S/C14H12N4O/c1-8-11(16)6-7-12-13(8)18-14(17-12)19-10-4-2-9(15)3-5-10/h2-7H,1,15-16H2. The van der Waals surface area contributed by atoms with Crippen molar-refractivity contribution in [3.05, 3.63) is 47.0 Å². The summed E-state index contributed by atoms with van der Waals surface area (Å²) < 4.78 is 5.57. The Hall–Kier alpha value is -2.82. The summed E-state index contributed by atoms with van der Waals surface area (Å²) in [6, 6.07) is 10.8. The van der Waals surface area contributed by atoms with Crippen LogP contribution in [0, 0.1) is 0 Å². The van der Waals surface area contributed by atoms with Crippen molar-refractivity contribution in [2.75, 3.05) is 11.5 Å². The molecule has 5 heteroatoms. The van der Waals surface area contributed by atoms with Crippen LogP contribution in [0.2, 0.25) is 0 Å². The lowest BCUT2D eigenvalue weighted by Crippen LogP contribution is -2.26. The van der Waals surface area contributed by atoms with Crippen LogP contribution in [0.3, 0.4) is 0 Å². The summed E-state index contributed by atoms with van der Waals surface area (Å²) >= 11 is 0. The number of anilines is 2. The largest absolute Gasteiger partial charge is 0.424 e. The van der Waals surface area contributed by atoms with Crippen LogP contribution >= 0.6 is 0 Å². The van der Waals surface area contributed by atoms with Gasteiger partial charge in [-0.25, -0.2) is 0 Å². The van der Waals surface area contributed by atoms with Crippen LogP contribution in [-0.4, -0.2) is 6.02 Å². The van der Waals surface area contributed by atoms with Gasteiger partial charge in [0.1, 0.15) is 11.1 Å². The first kappa shape index (κ1) is 11.3. The smallest absolute Gasteiger partial charge is 0.323 e. The molecule has 0 bridgehead atoms. The molecule has 0 aromatic heterocycles. The number of nitrogens with zero attached hydrogens (tertiary/aromatic N) is 2. The molecule has 0 amide bonds. The van der Waals surface area contributed by atoms with Crippen molar-refractivity contribution in [3.63, 3.8) is 0 Å². The second kappa shape index (κ2) is 4.13. The van der Waals surface area contributed by atoms with Gasteiger partial charge in [0.05, 0.1) is 5.69 Å². The maximum Gasteiger partial charge on any atom is 0.323 e. The molecule has 3 rings (SSSR count). The highest BCUT2D eigenvalue weighted by atomic mass is 16.5. The number of ether oxygens (including phenoxy) is 1. The van der Waals surface area contributed by atoms with E-state index in [-0.39, 0.29) is 6.02 Å². The van der Waals surface area contributed by atoms with E-state index in [2.05, 4.69) is 16.6 Å². The number of amidine groups is 1. The lowest BCUT2D eigenvalue weighted by molar-refractivity contribution is 0.544. The van der Waals surface area contributed by atoms with E-state index < -0.39 is 0 Å². The Morgan fingerprint density at radius 3 is 2.42 bits per heavy atom. The average Bonchev–Trinajstić information content (AvgIpc) is 2.80. The predicted molar refractivity (Wildman–Crippen MR) is 75.7 cm³/mol. The average molecular weight is 252 g/mol. The van der Waals surface area contributed by atoms with Crippen LogP contribution in [0.1, 0.15) is 0 Å². The first-order valence-corrected chi connectivity index (χ1v) is 5.72. The first-order chi connectivity index (χ1) is 9.13. The van der Waals surface area contributed by atoms with Gasteiger partial charge in [-0.2, -0.15) is 9.98 Å². The van der Waals surface area contributed by atoms with Crippen molar-refractivity contribution in [3.8, 4) is 5.75 Å². The highest BCUT2D eigenvalue weighted by molar-refractivity contribution is 5.83. The van der Waals surface area contributed by atoms with Crippen molar-refractivity contribution in [2.45, 2.75) is 0 Å². The zero-order valence-corrected chi connectivity index (χ0v) is 10.1. The maximum absolute atomic E-state index is 5.78. The molecule has 1 aliphatic heterocycles. The molecule has 0 saturated heterocycles. The number of hydrogen-bond acceptors (Lipinski definition) is 5. The van der Waals surface area contributed by atoms with Crippen molar-refractivity contribution < 1.29 is 4.74 Å². The summed E-state index contributed by atoms with van der Waals surface area (Å²) in [6.07, 6.45) is 0. The SMILES string of the molecule is C=c1c(N)ccc2c1=NC(Oc1ccc(N)cc1)=N2. The highest BCUT2D eigenvalue weighted by Crippen LogP contribution is 2.16. The van der Waals surface area contributed by atoms with Gasteiger partial charge in [0, 0.05) is 16.6 Å². The summed E-state index contributed by atoms with van der Waals surface area (Å²) in [7, 11) is 0. The zero-order chi connectivity index (χ0) is 13.4. The van der Waals surface area contributed by atoms with E-state index >= 15 is 0 Å². The minimum Gasteiger partial charge on any atom is -0.424 e. The van der Waals surface area contributed by atoms with Crippen LogP contribution in [0.4, 0.5) is 17.1 Å². The minimum atomic E-state index is 0.273. The number of aliphatic imine (C=N–C) groups is 1. The van der Waals surface area contributed by atoms with Crippen molar-refractivity contribution in [2.24, 2.45) is 9.98 Å². The van der Waals surface area contributed by atoms with E-state index in [1.54, 1.807) is 36.4 Å². The zero-order valence-electron chi connectivity index (χ0n) is 10.1. The Balaban J connectivity index is 1.94. The Bertz CT molecular complexity index is 778. The maximum atomic E-state index is 5.78. The molecule has 5 nitrogen and oxygen atoms in total. The lowest BCUT2D eigenvalue weighted by Gasteiger charge is -2.01. The first-order valence-electron chi connectivity index (χ1n) is 5.72. The van der Waals surface area contributed by atoms with Crippen molar-refractivity contribution in [1.29, 1.82) is 0 Å². The highest BCUT2D eigenvalue weighted by Gasteiger charge is 2.11. The van der Waals surface area contributed by atoms with E-state index in [0.29, 0.717) is 33.4 Å². The Kier molecular flexibility index (Phi) is 2.45. The number of benzene rings is 2. The molecule has 4 N–H and O–H groups in total. The number of rotatable bonds is 1. The van der Waals surface area contributed by atoms with Gasteiger partial charge in [0.2, 0.25) is 0 Å². The third-order valence-corrected chi connectivity index (χ3v) is 2.81. The van der Waals surface area contributed by atoms with Gasteiger partial charge in [0.25, 0.3) is 0 Å². The lowest BCUT2D eigenvalue weighted by atomic mass is 10.2. The Morgan fingerprint density at radius 1 is 0.947 bits per heavy atom. The van der Waals surface area contributed by atoms with Crippen LogP contribution in [0.25, 0.3) is 6.58 Å². The second-order valence-corrected chi connectivity index (χ2v) is 4.18. The molecule has 0 aliphatic carbocycles. The number of hydrogen-bond donors (Lipinski definition) is 2. The molecule has 0 saturated carbocycles. The van der Waals surface area contributed by atoms with Gasteiger partial charge < -0.3 is 16.2 Å². The van der Waals surface area contributed by atoms with Gasteiger partial charge in [-0.1, -0.05) is 6.58 Å². The molecule has 0 fully saturated rings. The Labute approximate surface area is 109 Å². The quantitative estimate of drug-likeness (QED) is 0.741. The molecule has 0 radical (unpaired) electrons. The summed E-state index contributed by atoms with van der Waals surface area (Å²) in [5.74, 6) is 0.628. The summed E-state index contributed by atoms with van der Waals surface area (Å²) in [5.41, 5.74) is 13.4. The predicted octanol–water partition coefficient (Wildman–Crippen LogP) is 0.961. The van der Waals surface area contributed by atoms with E-state index in [1.165, 1.54) is 0 Å². The van der Waals surface area contributed by atoms with Crippen molar-refractivity contribution >= 4 is 29.7 Å². The molecular formula is C14H12N4O. The van der Waals surface area contributed by atoms with Crippen LogP contribution in [0.15, 0.2) is 46.4 Å². The molecule has 0 unspecified atom stereocenters. The fourth-order valence-corrected chi connectivity index (χ4v) is 1.77. The molecule has 1 heterocycles. The molecule has 0 spiro atoms. The topological polar surface area (TPSA) is 86.0 Å². The van der Waals surface area contributed by atoms with Crippen molar-refractivity contribution in [1.82, 2.24) is 0 Å². The number of fused-ring (bicyclic) bond motifs is 1. The summed E-state index contributed by atoms with van der Waals surface area (Å²) in [6.45, 7) is 3.88. The summed E-state index contributed by atoms with van der Waals surface area (Å²) in [4.78, 5) is 8.56. The molecule has 94 valence electrons. The Morgan fingerprint density at radius 2 is 1.68 bits per heavy atom. The van der Waals surface area contributed by atoms with Crippen LogP contribution in [-0.2, 0) is 0 Å². The third-order valence-electron chi connectivity index (χ3n) is 2.81. The fourth-order valence-electron chi connectivity index (χ4n) is 1.77. The third kappa shape index (κ3) is 2.01. The number of nitrogens with two attached hydrogens (primary N) is 2. The normalized spacial score (nSPS) is 12.5. The second-order valence-electron chi connectivity index (χ2n) is 4.18. The monoisotopic (exact) mass is 252 g/mol. The molecule has 2 aromatic rings. The number of nitrogen functional groups attached to an aromatic ring is 2. The molecule has 19 heavy (non-hydrogen) atoms. The molecular weight excluding hydrogens is 240 g/mol. The van der Waals surface area contributed by atoms with E-state index in [4.69, 9.17) is 16.2 Å². The minimum absolute atomic E-state index is 0.273.